The molecule has 23 heavy (non-hydrogen) atoms. The largest absolute Gasteiger partial charge is 0.332 e. The lowest BCUT2D eigenvalue weighted by atomic mass is 10.0. The van der Waals surface area contributed by atoms with Crippen LogP contribution < -0.4 is 0 Å². The topological polar surface area (TPSA) is 37.4 Å². The van der Waals surface area contributed by atoms with Crippen molar-refractivity contribution in [2.45, 2.75) is 33.7 Å². The van der Waals surface area contributed by atoms with E-state index in [4.69, 9.17) is 0 Å². The smallest absolute Gasteiger partial charge is 0.254 e. The zero-order valence-electron chi connectivity index (χ0n) is 14.4. The van der Waals surface area contributed by atoms with Crippen molar-refractivity contribution in [3.05, 3.63) is 70.3 Å². The van der Waals surface area contributed by atoms with Crippen LogP contribution in [0.1, 0.15) is 44.3 Å². The second kappa shape index (κ2) is 6.78. The fourth-order valence-electron chi connectivity index (χ4n) is 2.39. The zero-order chi connectivity index (χ0) is 17.1. The van der Waals surface area contributed by atoms with E-state index in [1.165, 1.54) is 4.90 Å². The molecule has 0 aromatic heterocycles. The Kier molecular flexibility index (Phi) is 4.99. The van der Waals surface area contributed by atoms with E-state index in [0.29, 0.717) is 11.1 Å². The lowest BCUT2D eigenvalue weighted by Gasteiger charge is -2.24. The summed E-state index contributed by atoms with van der Waals surface area (Å²) in [4.78, 5) is 26.7. The summed E-state index contributed by atoms with van der Waals surface area (Å²) in [5.41, 5.74) is 4.56. The van der Waals surface area contributed by atoms with Gasteiger partial charge in [-0.3, -0.25) is 9.59 Å². The second-order valence-electron chi connectivity index (χ2n) is 6.12. The van der Waals surface area contributed by atoms with Gasteiger partial charge >= 0.3 is 0 Å². The molecule has 0 heterocycles. The minimum atomic E-state index is -0.508. The summed E-state index contributed by atoms with van der Waals surface area (Å²) in [5, 5.41) is 0. The average molecular weight is 309 g/mol. The maximum atomic E-state index is 12.6. The number of Topliss-reactive ketones (excluding diaryl/α,β-unsaturated/α-hetero) is 1. The maximum Gasteiger partial charge on any atom is 0.254 e. The van der Waals surface area contributed by atoms with Crippen molar-refractivity contribution in [3.63, 3.8) is 0 Å². The third-order valence-corrected chi connectivity index (χ3v) is 4.37. The van der Waals surface area contributed by atoms with E-state index in [2.05, 4.69) is 0 Å². The predicted molar refractivity (Wildman–Crippen MR) is 93.0 cm³/mol. The third-order valence-electron chi connectivity index (χ3n) is 4.37. The zero-order valence-corrected chi connectivity index (χ0v) is 14.4. The molecule has 0 fully saturated rings. The van der Waals surface area contributed by atoms with Crippen LogP contribution in [-0.4, -0.2) is 29.7 Å². The summed E-state index contributed by atoms with van der Waals surface area (Å²) < 4.78 is 0. The van der Waals surface area contributed by atoms with Gasteiger partial charge in [0.1, 0.15) is 0 Å². The van der Waals surface area contributed by atoms with Crippen LogP contribution in [0.2, 0.25) is 0 Å². The summed E-state index contributed by atoms with van der Waals surface area (Å²) >= 11 is 0. The van der Waals surface area contributed by atoms with E-state index in [1.807, 2.05) is 63.2 Å². The van der Waals surface area contributed by atoms with Gasteiger partial charge in [0.05, 0.1) is 6.04 Å². The normalized spacial score (nSPS) is 11.9. The van der Waals surface area contributed by atoms with Crippen LogP contribution in [0.25, 0.3) is 0 Å². The quantitative estimate of drug-likeness (QED) is 0.802. The monoisotopic (exact) mass is 309 g/mol. The van der Waals surface area contributed by atoms with Crippen LogP contribution in [0.3, 0.4) is 0 Å². The Bertz CT molecular complexity index is 732. The minimum absolute atomic E-state index is 0.0512. The number of carbonyl (C=O) groups excluding carboxylic acids is 2. The summed E-state index contributed by atoms with van der Waals surface area (Å²) in [5.74, 6) is -0.189. The Morgan fingerprint density at radius 1 is 0.870 bits per heavy atom. The maximum absolute atomic E-state index is 12.6. The fraction of sp³-hybridized carbons (Fsp3) is 0.300. The summed E-state index contributed by atoms with van der Waals surface area (Å²) in [6.07, 6.45) is 0. The van der Waals surface area contributed by atoms with Gasteiger partial charge in [-0.25, -0.2) is 0 Å². The van der Waals surface area contributed by atoms with Crippen LogP contribution in [0, 0.1) is 20.8 Å². The van der Waals surface area contributed by atoms with Crippen molar-refractivity contribution in [1.82, 2.24) is 4.90 Å². The molecule has 2 rings (SSSR count). The predicted octanol–water partition coefficient (Wildman–Crippen LogP) is 3.96. The Labute approximate surface area is 137 Å². The highest BCUT2D eigenvalue weighted by Crippen LogP contribution is 2.15. The summed E-state index contributed by atoms with van der Waals surface area (Å²) in [6, 6.07) is 12.5. The van der Waals surface area contributed by atoms with Crippen molar-refractivity contribution in [3.8, 4) is 0 Å². The first-order valence-electron chi connectivity index (χ1n) is 7.76. The number of hydrogen-bond donors (Lipinski definition) is 0. The first kappa shape index (κ1) is 16.9. The Balaban J connectivity index is 2.19. The number of amides is 1. The minimum Gasteiger partial charge on any atom is -0.332 e. The molecule has 0 saturated heterocycles. The molecule has 0 aliphatic carbocycles. The molecule has 2 aromatic carbocycles. The van der Waals surface area contributed by atoms with E-state index in [9.17, 15) is 9.59 Å². The number of rotatable bonds is 4. The van der Waals surface area contributed by atoms with Gasteiger partial charge in [-0.15, -0.1) is 0 Å². The van der Waals surface area contributed by atoms with Gasteiger partial charge in [-0.05, 0) is 51.0 Å². The molecule has 1 unspecified atom stereocenters. The van der Waals surface area contributed by atoms with Gasteiger partial charge in [-0.1, -0.05) is 35.9 Å². The van der Waals surface area contributed by atoms with Gasteiger partial charge in [0.15, 0.2) is 5.78 Å². The van der Waals surface area contributed by atoms with Crippen molar-refractivity contribution in [2.75, 3.05) is 7.05 Å². The SMILES string of the molecule is Cc1ccc(C(=O)C(C)N(C)C(=O)c2ccc(C)c(C)c2)cc1. The number of ketones is 1. The molecule has 1 amide bonds. The molecule has 0 aliphatic heterocycles. The standard InChI is InChI=1S/C20H23NO2/c1-13-6-9-17(10-7-13)19(22)16(4)21(5)20(23)18-11-8-14(2)15(3)12-18/h6-12,16H,1-5H3. The van der Waals surface area contributed by atoms with Crippen LogP contribution in [0.5, 0.6) is 0 Å². The van der Waals surface area contributed by atoms with E-state index >= 15 is 0 Å². The van der Waals surface area contributed by atoms with Gasteiger partial charge in [0.25, 0.3) is 5.91 Å². The summed E-state index contributed by atoms with van der Waals surface area (Å²) in [7, 11) is 1.67. The van der Waals surface area contributed by atoms with Gasteiger partial charge in [-0.2, -0.15) is 0 Å². The molecule has 120 valence electrons. The van der Waals surface area contributed by atoms with Crippen LogP contribution in [-0.2, 0) is 0 Å². The van der Waals surface area contributed by atoms with E-state index in [-0.39, 0.29) is 11.7 Å². The van der Waals surface area contributed by atoms with Crippen LogP contribution >= 0.6 is 0 Å². The molecule has 1 atom stereocenters. The van der Waals surface area contributed by atoms with Crippen molar-refractivity contribution >= 4 is 11.7 Å². The summed E-state index contributed by atoms with van der Waals surface area (Å²) in [6.45, 7) is 7.73. The first-order chi connectivity index (χ1) is 10.8. The van der Waals surface area contributed by atoms with Gasteiger partial charge < -0.3 is 4.90 Å². The number of aryl methyl sites for hydroxylation is 3. The molecule has 0 spiro atoms. The Morgan fingerprint density at radius 2 is 1.43 bits per heavy atom. The van der Waals surface area contributed by atoms with E-state index in [1.54, 1.807) is 14.0 Å². The van der Waals surface area contributed by atoms with Crippen molar-refractivity contribution < 1.29 is 9.59 Å². The highest BCUT2D eigenvalue weighted by Gasteiger charge is 2.24. The van der Waals surface area contributed by atoms with Crippen molar-refractivity contribution in [2.24, 2.45) is 0 Å². The molecule has 0 bridgehead atoms. The molecule has 0 saturated carbocycles. The Morgan fingerprint density at radius 3 is 2.00 bits per heavy atom. The molecule has 0 N–H and O–H groups in total. The molecule has 0 radical (unpaired) electrons. The fourth-order valence-corrected chi connectivity index (χ4v) is 2.39. The molecule has 3 heteroatoms. The highest BCUT2D eigenvalue weighted by molar-refractivity contribution is 6.04. The van der Waals surface area contributed by atoms with E-state index in [0.717, 1.165) is 16.7 Å². The third kappa shape index (κ3) is 3.67. The van der Waals surface area contributed by atoms with Crippen LogP contribution in [0.4, 0.5) is 0 Å². The number of carbonyl (C=O) groups is 2. The first-order valence-corrected chi connectivity index (χ1v) is 7.76. The van der Waals surface area contributed by atoms with Gasteiger partial charge in [0, 0.05) is 18.2 Å². The average Bonchev–Trinajstić information content (AvgIpc) is 2.55. The highest BCUT2D eigenvalue weighted by atomic mass is 16.2. The van der Waals surface area contributed by atoms with Crippen LogP contribution in [0.15, 0.2) is 42.5 Å². The molecular weight excluding hydrogens is 286 g/mol. The number of nitrogens with zero attached hydrogens (tertiary/aromatic N) is 1. The lowest BCUT2D eigenvalue weighted by Crippen LogP contribution is -2.40. The second-order valence-corrected chi connectivity index (χ2v) is 6.12. The van der Waals surface area contributed by atoms with Gasteiger partial charge in [0.2, 0.25) is 0 Å². The lowest BCUT2D eigenvalue weighted by molar-refractivity contribution is 0.0675. The van der Waals surface area contributed by atoms with E-state index < -0.39 is 6.04 Å². The molecule has 0 aliphatic rings. The number of likely N-dealkylation sites (N-methyl/N-ethyl adjacent to an activating group) is 1. The Hall–Kier alpha value is -2.42. The number of benzene rings is 2. The molecule has 2 aromatic rings. The molecule has 3 nitrogen and oxygen atoms in total. The number of hydrogen-bond acceptors (Lipinski definition) is 2. The van der Waals surface area contributed by atoms with Crippen molar-refractivity contribution in [1.29, 1.82) is 0 Å². The molecular formula is C20H23NO2.